The zero-order chi connectivity index (χ0) is 17.6. The van der Waals surface area contributed by atoms with Crippen molar-refractivity contribution in [2.75, 3.05) is 13.7 Å². The molecule has 0 bridgehead atoms. The van der Waals surface area contributed by atoms with E-state index in [9.17, 15) is 5.26 Å². The zero-order valence-electron chi connectivity index (χ0n) is 14.5. The molecule has 4 heteroatoms. The second kappa shape index (κ2) is 7.78. The summed E-state index contributed by atoms with van der Waals surface area (Å²) >= 11 is 0. The van der Waals surface area contributed by atoms with Crippen LogP contribution in [-0.2, 0) is 4.74 Å². The Balaban J connectivity index is 2.25. The Morgan fingerprint density at radius 1 is 1.12 bits per heavy atom. The molecule has 126 valence electrons. The Morgan fingerprint density at radius 2 is 1.84 bits per heavy atom. The number of nitriles is 1. The summed E-state index contributed by atoms with van der Waals surface area (Å²) in [5.41, 5.74) is 4.44. The topological polar surface area (TPSA) is 50.8 Å². The maximum absolute atomic E-state index is 9.56. The Bertz CT molecular complexity index is 878. The van der Waals surface area contributed by atoms with Gasteiger partial charge in [-0.2, -0.15) is 5.26 Å². The molecule has 1 atom stereocenters. The number of imidazole rings is 1. The molecule has 0 saturated heterocycles. The third kappa shape index (κ3) is 3.33. The van der Waals surface area contributed by atoms with Gasteiger partial charge < -0.3 is 9.30 Å². The summed E-state index contributed by atoms with van der Waals surface area (Å²) in [5.74, 6) is 0. The van der Waals surface area contributed by atoms with Crippen molar-refractivity contribution >= 4 is 0 Å². The lowest BCUT2D eigenvalue weighted by Gasteiger charge is -2.20. The third-order valence-electron chi connectivity index (χ3n) is 4.37. The van der Waals surface area contributed by atoms with Gasteiger partial charge in [-0.1, -0.05) is 55.5 Å². The number of aromatic nitrogens is 2. The number of ether oxygens (including phenoxy) is 1. The van der Waals surface area contributed by atoms with Crippen LogP contribution in [0.3, 0.4) is 0 Å². The van der Waals surface area contributed by atoms with Crippen LogP contribution in [0.4, 0.5) is 0 Å². The number of methoxy groups -OCH3 is 1. The molecule has 2 aromatic carbocycles. The van der Waals surface area contributed by atoms with Crippen molar-refractivity contribution < 1.29 is 4.74 Å². The van der Waals surface area contributed by atoms with E-state index in [1.807, 2.05) is 60.9 Å². The fourth-order valence-electron chi connectivity index (χ4n) is 3.09. The van der Waals surface area contributed by atoms with E-state index in [0.717, 1.165) is 28.9 Å². The van der Waals surface area contributed by atoms with E-state index in [2.05, 4.69) is 22.5 Å². The summed E-state index contributed by atoms with van der Waals surface area (Å²) in [7, 11) is 1.71. The fourth-order valence-corrected chi connectivity index (χ4v) is 3.09. The maximum atomic E-state index is 9.56. The average molecular weight is 331 g/mol. The molecule has 0 amide bonds. The van der Waals surface area contributed by atoms with E-state index in [1.54, 1.807) is 7.11 Å². The number of nitrogens with zero attached hydrogens (tertiary/aromatic N) is 3. The smallest absolute Gasteiger partial charge is 0.0998 e. The van der Waals surface area contributed by atoms with Crippen molar-refractivity contribution in [3.63, 3.8) is 0 Å². The number of hydrogen-bond donors (Lipinski definition) is 0. The van der Waals surface area contributed by atoms with Gasteiger partial charge in [-0.05, 0) is 12.5 Å². The van der Waals surface area contributed by atoms with E-state index in [-0.39, 0.29) is 6.04 Å². The molecule has 0 aliphatic rings. The van der Waals surface area contributed by atoms with Crippen LogP contribution in [0, 0.1) is 11.3 Å². The van der Waals surface area contributed by atoms with Gasteiger partial charge in [-0.15, -0.1) is 0 Å². The van der Waals surface area contributed by atoms with Gasteiger partial charge in [0.05, 0.1) is 42.0 Å². The fraction of sp³-hybridized carbons (Fsp3) is 0.238. The largest absolute Gasteiger partial charge is 0.383 e. The minimum Gasteiger partial charge on any atom is -0.383 e. The van der Waals surface area contributed by atoms with E-state index in [0.29, 0.717) is 12.2 Å². The molecule has 0 aliphatic carbocycles. The minimum atomic E-state index is 0.164. The standard InChI is InChI=1S/C21H21N3O/c1-3-18(14-25-2)24-15-23-20(16-9-5-4-6-10-16)21(24)19-12-8-7-11-17(19)13-22/h4-12,15,18H,3,14H2,1-2H3. The van der Waals surface area contributed by atoms with Crippen LogP contribution >= 0.6 is 0 Å². The second-order valence-electron chi connectivity index (χ2n) is 5.89. The van der Waals surface area contributed by atoms with Crippen LogP contribution in [0.15, 0.2) is 60.9 Å². The summed E-state index contributed by atoms with van der Waals surface area (Å²) in [5, 5.41) is 9.56. The highest BCUT2D eigenvalue weighted by atomic mass is 16.5. The molecule has 0 spiro atoms. The van der Waals surface area contributed by atoms with Crippen molar-refractivity contribution in [1.82, 2.24) is 9.55 Å². The Hall–Kier alpha value is -2.90. The highest BCUT2D eigenvalue weighted by molar-refractivity contribution is 5.81. The first-order chi connectivity index (χ1) is 12.3. The lowest BCUT2D eigenvalue weighted by atomic mass is 10.00. The molecule has 1 heterocycles. The normalized spacial score (nSPS) is 11.9. The second-order valence-corrected chi connectivity index (χ2v) is 5.89. The van der Waals surface area contributed by atoms with Crippen LogP contribution in [0.1, 0.15) is 24.9 Å². The Labute approximate surface area is 148 Å². The van der Waals surface area contributed by atoms with Gasteiger partial charge in [0.25, 0.3) is 0 Å². The molecule has 0 aliphatic heterocycles. The Kier molecular flexibility index (Phi) is 5.27. The third-order valence-corrected chi connectivity index (χ3v) is 4.37. The molecule has 0 fully saturated rings. The number of rotatable bonds is 6. The molecular weight excluding hydrogens is 310 g/mol. The van der Waals surface area contributed by atoms with Crippen molar-refractivity contribution in [3.8, 4) is 28.6 Å². The molecule has 4 nitrogen and oxygen atoms in total. The molecule has 3 aromatic rings. The first-order valence-electron chi connectivity index (χ1n) is 8.40. The molecule has 0 saturated carbocycles. The van der Waals surface area contributed by atoms with Crippen LogP contribution in [-0.4, -0.2) is 23.3 Å². The van der Waals surface area contributed by atoms with Crippen molar-refractivity contribution in [2.24, 2.45) is 0 Å². The highest BCUT2D eigenvalue weighted by Gasteiger charge is 2.21. The van der Waals surface area contributed by atoms with Crippen molar-refractivity contribution in [1.29, 1.82) is 5.26 Å². The minimum absolute atomic E-state index is 0.164. The van der Waals surface area contributed by atoms with Crippen LogP contribution in [0.25, 0.3) is 22.5 Å². The maximum Gasteiger partial charge on any atom is 0.0998 e. The van der Waals surface area contributed by atoms with E-state index >= 15 is 0 Å². The quantitative estimate of drug-likeness (QED) is 0.658. The number of hydrogen-bond acceptors (Lipinski definition) is 3. The van der Waals surface area contributed by atoms with Gasteiger partial charge in [-0.25, -0.2) is 4.98 Å². The average Bonchev–Trinajstić information content (AvgIpc) is 3.11. The molecule has 25 heavy (non-hydrogen) atoms. The van der Waals surface area contributed by atoms with Gasteiger partial charge in [-0.3, -0.25) is 0 Å². The summed E-state index contributed by atoms with van der Waals surface area (Å²) < 4.78 is 7.54. The summed E-state index contributed by atoms with van der Waals surface area (Å²) in [6.45, 7) is 2.73. The van der Waals surface area contributed by atoms with E-state index < -0.39 is 0 Å². The van der Waals surface area contributed by atoms with E-state index in [1.165, 1.54) is 0 Å². The van der Waals surface area contributed by atoms with Crippen LogP contribution < -0.4 is 0 Å². The molecular formula is C21H21N3O. The van der Waals surface area contributed by atoms with Crippen LogP contribution in [0.2, 0.25) is 0 Å². The van der Waals surface area contributed by atoms with Crippen molar-refractivity contribution in [2.45, 2.75) is 19.4 Å². The van der Waals surface area contributed by atoms with Crippen molar-refractivity contribution in [3.05, 3.63) is 66.5 Å². The first-order valence-corrected chi connectivity index (χ1v) is 8.40. The van der Waals surface area contributed by atoms with Gasteiger partial charge in [0.2, 0.25) is 0 Å². The Morgan fingerprint density at radius 3 is 2.52 bits per heavy atom. The zero-order valence-corrected chi connectivity index (χ0v) is 14.5. The predicted octanol–water partition coefficient (Wildman–Crippen LogP) is 4.69. The SMILES string of the molecule is CCC(COC)n1cnc(-c2ccccc2)c1-c1ccccc1C#N. The van der Waals surface area contributed by atoms with Gasteiger partial charge in [0.1, 0.15) is 0 Å². The first kappa shape index (κ1) is 16.9. The summed E-state index contributed by atoms with van der Waals surface area (Å²) in [4.78, 5) is 4.69. The summed E-state index contributed by atoms with van der Waals surface area (Å²) in [6.07, 6.45) is 2.78. The van der Waals surface area contributed by atoms with Crippen LogP contribution in [0.5, 0.6) is 0 Å². The van der Waals surface area contributed by atoms with Gasteiger partial charge in [0, 0.05) is 18.2 Å². The predicted molar refractivity (Wildman–Crippen MR) is 99.0 cm³/mol. The molecule has 1 aromatic heterocycles. The lowest BCUT2D eigenvalue weighted by molar-refractivity contribution is 0.154. The molecule has 1 unspecified atom stereocenters. The number of benzene rings is 2. The molecule has 0 radical (unpaired) electrons. The lowest BCUT2D eigenvalue weighted by Crippen LogP contribution is -2.14. The summed E-state index contributed by atoms with van der Waals surface area (Å²) in [6, 6.07) is 20.2. The van der Waals surface area contributed by atoms with Gasteiger partial charge >= 0.3 is 0 Å². The van der Waals surface area contributed by atoms with E-state index in [4.69, 9.17) is 4.74 Å². The molecule has 0 N–H and O–H groups in total. The molecule has 3 rings (SSSR count). The highest BCUT2D eigenvalue weighted by Crippen LogP contribution is 2.35. The monoisotopic (exact) mass is 331 g/mol. The van der Waals surface area contributed by atoms with Gasteiger partial charge in [0.15, 0.2) is 0 Å².